The van der Waals surface area contributed by atoms with E-state index in [4.69, 9.17) is 9.47 Å². The van der Waals surface area contributed by atoms with Gasteiger partial charge in [0, 0.05) is 25.1 Å². The van der Waals surface area contributed by atoms with Crippen LogP contribution in [0.25, 0.3) is 0 Å². The highest BCUT2D eigenvalue weighted by Crippen LogP contribution is 2.33. The normalized spacial score (nSPS) is 16.8. The minimum Gasteiger partial charge on any atom is -0.497 e. The number of hydrogen-bond donors (Lipinski definition) is 2. The molecule has 1 aromatic heterocycles. The Morgan fingerprint density at radius 3 is 2.48 bits per heavy atom. The van der Waals surface area contributed by atoms with Crippen molar-refractivity contribution in [2.45, 2.75) is 25.3 Å². The molecule has 1 amide bonds. The summed E-state index contributed by atoms with van der Waals surface area (Å²) in [5, 5.41) is 3.25. The van der Waals surface area contributed by atoms with Gasteiger partial charge in [-0.1, -0.05) is 12.1 Å². The van der Waals surface area contributed by atoms with E-state index < -0.39 is 5.54 Å². The van der Waals surface area contributed by atoms with E-state index in [1.54, 1.807) is 13.3 Å². The Morgan fingerprint density at radius 2 is 1.91 bits per heavy atom. The lowest BCUT2D eigenvalue weighted by molar-refractivity contribution is 0.0345. The van der Waals surface area contributed by atoms with E-state index >= 15 is 0 Å². The second kappa shape index (κ2) is 6.46. The zero-order valence-corrected chi connectivity index (χ0v) is 13.5. The van der Waals surface area contributed by atoms with E-state index in [9.17, 15) is 4.79 Å². The van der Waals surface area contributed by atoms with Gasteiger partial charge in [0.15, 0.2) is 0 Å². The van der Waals surface area contributed by atoms with E-state index in [-0.39, 0.29) is 5.91 Å². The van der Waals surface area contributed by atoms with Crippen molar-refractivity contribution in [3.63, 3.8) is 0 Å². The summed E-state index contributed by atoms with van der Waals surface area (Å²) in [5.74, 6) is 0.755. The summed E-state index contributed by atoms with van der Waals surface area (Å²) < 4.78 is 10.7. The maximum Gasteiger partial charge on any atom is 0.253 e. The number of benzene rings is 1. The lowest BCUT2D eigenvalue weighted by Gasteiger charge is -2.38. The standard InChI is InChI=1S/C18H22N2O3/c1-13-16(7-10-19-13)17(21)20-18(8-11-23-12-9-18)14-3-5-15(22-2)6-4-14/h3-7,10,19H,8-9,11-12H2,1-2H3,(H,20,21). The number of carbonyl (C=O) groups excluding carboxylic acids is 1. The van der Waals surface area contributed by atoms with Gasteiger partial charge in [-0.05, 0) is 43.5 Å². The molecule has 0 saturated carbocycles. The Kier molecular flexibility index (Phi) is 4.39. The number of rotatable bonds is 4. The number of amides is 1. The van der Waals surface area contributed by atoms with Crippen LogP contribution < -0.4 is 10.1 Å². The summed E-state index contributed by atoms with van der Waals surface area (Å²) in [5.41, 5.74) is 2.25. The van der Waals surface area contributed by atoms with Crippen LogP contribution in [-0.2, 0) is 10.3 Å². The van der Waals surface area contributed by atoms with Gasteiger partial charge in [-0.2, -0.15) is 0 Å². The third kappa shape index (κ3) is 3.10. The van der Waals surface area contributed by atoms with Gasteiger partial charge in [0.25, 0.3) is 5.91 Å². The number of aryl methyl sites for hydroxylation is 1. The minimum absolute atomic E-state index is 0.0542. The lowest BCUT2D eigenvalue weighted by atomic mass is 9.82. The average molecular weight is 314 g/mol. The average Bonchev–Trinajstić information content (AvgIpc) is 3.02. The molecular weight excluding hydrogens is 292 g/mol. The van der Waals surface area contributed by atoms with Crippen LogP contribution in [0, 0.1) is 6.92 Å². The van der Waals surface area contributed by atoms with E-state index in [1.165, 1.54) is 0 Å². The van der Waals surface area contributed by atoms with Crippen molar-refractivity contribution in [2.75, 3.05) is 20.3 Å². The number of aromatic nitrogens is 1. The zero-order chi connectivity index (χ0) is 16.3. The third-order valence-electron chi connectivity index (χ3n) is 4.54. The van der Waals surface area contributed by atoms with Crippen LogP contribution in [0.3, 0.4) is 0 Å². The fourth-order valence-electron chi connectivity index (χ4n) is 3.10. The van der Waals surface area contributed by atoms with Crippen molar-refractivity contribution in [1.82, 2.24) is 10.3 Å². The SMILES string of the molecule is COc1ccc(C2(NC(=O)c3cc[nH]c3C)CCOCC2)cc1. The van der Waals surface area contributed by atoms with Crippen LogP contribution in [0.1, 0.15) is 34.5 Å². The Balaban J connectivity index is 1.90. The highest BCUT2D eigenvalue weighted by molar-refractivity contribution is 5.95. The molecule has 1 fully saturated rings. The Morgan fingerprint density at radius 1 is 1.22 bits per heavy atom. The second-order valence-corrected chi connectivity index (χ2v) is 5.89. The Labute approximate surface area is 136 Å². The summed E-state index contributed by atoms with van der Waals surface area (Å²) in [6.45, 7) is 3.18. The number of methoxy groups -OCH3 is 1. The first-order valence-corrected chi connectivity index (χ1v) is 7.83. The molecule has 1 aliphatic rings. The molecule has 2 aromatic rings. The topological polar surface area (TPSA) is 63.3 Å². The van der Waals surface area contributed by atoms with Gasteiger partial charge in [0.1, 0.15) is 5.75 Å². The fraction of sp³-hybridized carbons (Fsp3) is 0.389. The van der Waals surface area contributed by atoms with Gasteiger partial charge in [0.2, 0.25) is 0 Å². The van der Waals surface area contributed by atoms with Crippen molar-refractivity contribution in [3.05, 3.63) is 53.3 Å². The first-order chi connectivity index (χ1) is 11.1. The highest BCUT2D eigenvalue weighted by atomic mass is 16.5. The molecule has 0 unspecified atom stereocenters. The van der Waals surface area contributed by atoms with Crippen LogP contribution in [0.4, 0.5) is 0 Å². The first kappa shape index (κ1) is 15.6. The van der Waals surface area contributed by atoms with Gasteiger partial charge in [-0.15, -0.1) is 0 Å². The largest absolute Gasteiger partial charge is 0.497 e. The number of carbonyl (C=O) groups is 1. The summed E-state index contributed by atoms with van der Waals surface area (Å²) in [6, 6.07) is 9.72. The predicted molar refractivity (Wildman–Crippen MR) is 87.7 cm³/mol. The van der Waals surface area contributed by atoms with E-state index in [2.05, 4.69) is 10.3 Å². The molecule has 0 aliphatic carbocycles. The molecule has 0 radical (unpaired) electrons. The summed E-state index contributed by atoms with van der Waals surface area (Å²) >= 11 is 0. The highest BCUT2D eigenvalue weighted by Gasteiger charge is 2.36. The van der Waals surface area contributed by atoms with Crippen molar-refractivity contribution in [3.8, 4) is 5.75 Å². The molecule has 1 aliphatic heterocycles. The molecule has 5 nitrogen and oxygen atoms in total. The zero-order valence-electron chi connectivity index (χ0n) is 13.5. The van der Waals surface area contributed by atoms with Gasteiger partial charge >= 0.3 is 0 Å². The van der Waals surface area contributed by atoms with Crippen LogP contribution in [-0.4, -0.2) is 31.2 Å². The number of ether oxygens (including phenoxy) is 2. The maximum absolute atomic E-state index is 12.7. The second-order valence-electron chi connectivity index (χ2n) is 5.89. The molecule has 1 aromatic carbocycles. The molecule has 0 bridgehead atoms. The number of nitrogens with one attached hydrogen (secondary N) is 2. The monoisotopic (exact) mass is 314 g/mol. The molecule has 0 spiro atoms. The Hall–Kier alpha value is -2.27. The maximum atomic E-state index is 12.7. The van der Waals surface area contributed by atoms with Crippen LogP contribution in [0.5, 0.6) is 5.75 Å². The molecule has 3 rings (SSSR count). The quantitative estimate of drug-likeness (QED) is 0.912. The molecule has 0 atom stereocenters. The Bertz CT molecular complexity index is 670. The number of H-pyrrole nitrogens is 1. The molecule has 1 saturated heterocycles. The molecule has 2 heterocycles. The first-order valence-electron chi connectivity index (χ1n) is 7.83. The van der Waals surface area contributed by atoms with Crippen molar-refractivity contribution in [1.29, 1.82) is 0 Å². The molecule has 122 valence electrons. The van der Waals surface area contributed by atoms with E-state index in [0.717, 1.165) is 29.8 Å². The number of hydrogen-bond acceptors (Lipinski definition) is 3. The predicted octanol–water partition coefficient (Wildman–Crippen LogP) is 2.77. The van der Waals surface area contributed by atoms with E-state index in [1.807, 2.05) is 37.3 Å². The third-order valence-corrected chi connectivity index (χ3v) is 4.54. The smallest absolute Gasteiger partial charge is 0.253 e. The summed E-state index contributed by atoms with van der Waals surface area (Å²) in [7, 11) is 1.65. The van der Waals surface area contributed by atoms with Crippen LogP contribution in [0.15, 0.2) is 36.5 Å². The van der Waals surface area contributed by atoms with Crippen molar-refractivity contribution in [2.24, 2.45) is 0 Å². The van der Waals surface area contributed by atoms with Gasteiger partial charge in [0.05, 0.1) is 18.2 Å². The molecule has 23 heavy (non-hydrogen) atoms. The fourth-order valence-corrected chi connectivity index (χ4v) is 3.10. The molecular formula is C18H22N2O3. The summed E-state index contributed by atoms with van der Waals surface area (Å²) in [6.07, 6.45) is 3.30. The minimum atomic E-state index is -0.398. The van der Waals surface area contributed by atoms with Crippen LogP contribution >= 0.6 is 0 Å². The van der Waals surface area contributed by atoms with Gasteiger partial charge < -0.3 is 19.8 Å². The summed E-state index contributed by atoms with van der Waals surface area (Å²) in [4.78, 5) is 15.8. The van der Waals surface area contributed by atoms with Crippen molar-refractivity contribution >= 4 is 5.91 Å². The molecule has 2 N–H and O–H groups in total. The van der Waals surface area contributed by atoms with Gasteiger partial charge in [-0.25, -0.2) is 0 Å². The number of aromatic amines is 1. The molecule has 5 heteroatoms. The van der Waals surface area contributed by atoms with Crippen LogP contribution in [0.2, 0.25) is 0 Å². The van der Waals surface area contributed by atoms with Gasteiger partial charge in [-0.3, -0.25) is 4.79 Å². The lowest BCUT2D eigenvalue weighted by Crippen LogP contribution is -2.49. The van der Waals surface area contributed by atoms with E-state index in [0.29, 0.717) is 18.8 Å². The van der Waals surface area contributed by atoms with Crippen molar-refractivity contribution < 1.29 is 14.3 Å².